The molecule has 110 valence electrons. The minimum absolute atomic E-state index is 0.124. The molecule has 1 saturated heterocycles. The van der Waals surface area contributed by atoms with Gasteiger partial charge >= 0.3 is 6.03 Å². The summed E-state index contributed by atoms with van der Waals surface area (Å²) < 4.78 is 5.24. The van der Waals surface area contributed by atoms with Crippen molar-refractivity contribution >= 4 is 11.7 Å². The summed E-state index contributed by atoms with van der Waals surface area (Å²) in [5, 5.41) is 21.6. The first-order valence-corrected chi connectivity index (χ1v) is 6.66. The van der Waals surface area contributed by atoms with Gasteiger partial charge in [-0.05, 0) is 24.6 Å². The van der Waals surface area contributed by atoms with Crippen LogP contribution in [0, 0.1) is 0 Å². The summed E-state index contributed by atoms with van der Waals surface area (Å²) in [6.07, 6.45) is -0.583. The molecule has 1 fully saturated rings. The summed E-state index contributed by atoms with van der Waals surface area (Å²) in [4.78, 5) is 13.8. The molecule has 0 aliphatic carbocycles. The number of hydrogen-bond donors (Lipinski definition) is 3. The van der Waals surface area contributed by atoms with Crippen molar-refractivity contribution in [3.8, 4) is 0 Å². The average molecular weight is 280 g/mol. The predicted molar refractivity (Wildman–Crippen MR) is 74.5 cm³/mol. The maximum Gasteiger partial charge on any atom is 0.322 e. The van der Waals surface area contributed by atoms with Crippen molar-refractivity contribution in [1.82, 2.24) is 4.90 Å². The number of nitrogens with zero attached hydrogens (tertiary/aromatic N) is 1. The van der Waals surface area contributed by atoms with Crippen molar-refractivity contribution in [2.75, 3.05) is 31.7 Å². The molecule has 0 saturated carbocycles. The van der Waals surface area contributed by atoms with Gasteiger partial charge in [-0.2, -0.15) is 0 Å². The van der Waals surface area contributed by atoms with Gasteiger partial charge in [-0.1, -0.05) is 12.1 Å². The zero-order valence-electron chi connectivity index (χ0n) is 11.5. The molecule has 1 aliphatic rings. The van der Waals surface area contributed by atoms with Crippen molar-refractivity contribution in [1.29, 1.82) is 0 Å². The normalized spacial score (nSPS) is 20.6. The minimum Gasteiger partial charge on any atom is -0.394 e. The average Bonchev–Trinajstić information content (AvgIpc) is 2.47. The van der Waals surface area contributed by atoms with E-state index in [-0.39, 0.29) is 18.7 Å². The Labute approximate surface area is 118 Å². The number of ether oxygens (including phenoxy) is 1. The number of amides is 2. The molecule has 1 aromatic rings. The Balaban J connectivity index is 2.05. The van der Waals surface area contributed by atoms with Crippen LogP contribution in [-0.2, 0) is 4.74 Å². The molecule has 3 N–H and O–H groups in total. The second-order valence-corrected chi connectivity index (χ2v) is 4.84. The number of benzene rings is 1. The van der Waals surface area contributed by atoms with E-state index in [0.29, 0.717) is 25.4 Å². The highest BCUT2D eigenvalue weighted by Gasteiger charge is 2.26. The lowest BCUT2D eigenvalue weighted by atomic mass is 10.1. The van der Waals surface area contributed by atoms with Gasteiger partial charge in [-0.15, -0.1) is 0 Å². The SMILES string of the molecule is CC(O)c1cccc(NC(=O)N2CCOCC2CO)c1. The lowest BCUT2D eigenvalue weighted by Crippen LogP contribution is -2.52. The van der Waals surface area contributed by atoms with Gasteiger partial charge in [-0.3, -0.25) is 0 Å². The number of nitrogens with one attached hydrogen (secondary N) is 1. The highest BCUT2D eigenvalue weighted by atomic mass is 16.5. The zero-order valence-corrected chi connectivity index (χ0v) is 11.5. The Morgan fingerprint density at radius 3 is 3.10 bits per heavy atom. The van der Waals surface area contributed by atoms with Crippen LogP contribution in [0.3, 0.4) is 0 Å². The second kappa shape index (κ2) is 6.69. The molecule has 0 bridgehead atoms. The fourth-order valence-corrected chi connectivity index (χ4v) is 2.15. The van der Waals surface area contributed by atoms with Gasteiger partial charge in [0.15, 0.2) is 0 Å². The third-order valence-corrected chi connectivity index (χ3v) is 3.32. The van der Waals surface area contributed by atoms with Crippen LogP contribution in [0.1, 0.15) is 18.6 Å². The second-order valence-electron chi connectivity index (χ2n) is 4.84. The van der Waals surface area contributed by atoms with E-state index < -0.39 is 6.10 Å². The molecule has 2 atom stereocenters. The number of carbonyl (C=O) groups excluding carboxylic acids is 1. The molecule has 1 aromatic carbocycles. The number of aliphatic hydroxyl groups excluding tert-OH is 2. The predicted octanol–water partition coefficient (Wildman–Crippen LogP) is 0.965. The number of hydrogen-bond acceptors (Lipinski definition) is 4. The molecule has 20 heavy (non-hydrogen) atoms. The molecule has 0 radical (unpaired) electrons. The van der Waals surface area contributed by atoms with Gasteiger partial charge in [0.2, 0.25) is 0 Å². The zero-order chi connectivity index (χ0) is 14.5. The summed E-state index contributed by atoms with van der Waals surface area (Å²) in [5.74, 6) is 0. The largest absolute Gasteiger partial charge is 0.394 e. The van der Waals surface area contributed by atoms with E-state index in [1.54, 1.807) is 36.1 Å². The Kier molecular flexibility index (Phi) is 4.94. The first-order chi connectivity index (χ1) is 9.61. The number of aliphatic hydroxyl groups is 2. The summed E-state index contributed by atoms with van der Waals surface area (Å²) in [6.45, 7) is 2.81. The van der Waals surface area contributed by atoms with Crippen molar-refractivity contribution in [2.24, 2.45) is 0 Å². The van der Waals surface area contributed by atoms with Gasteiger partial charge in [0.05, 0.1) is 32.0 Å². The Morgan fingerprint density at radius 1 is 1.60 bits per heavy atom. The Bertz CT molecular complexity index is 464. The number of morpholine rings is 1. The van der Waals surface area contributed by atoms with Crippen LogP contribution < -0.4 is 5.32 Å². The van der Waals surface area contributed by atoms with Crippen LogP contribution in [-0.4, -0.2) is 53.6 Å². The highest BCUT2D eigenvalue weighted by Crippen LogP contribution is 2.18. The summed E-state index contributed by atoms with van der Waals surface area (Å²) in [6, 6.07) is 6.49. The minimum atomic E-state index is -0.583. The molecule has 6 heteroatoms. The molecular weight excluding hydrogens is 260 g/mol. The fourth-order valence-electron chi connectivity index (χ4n) is 2.15. The van der Waals surface area contributed by atoms with Gasteiger partial charge in [0.25, 0.3) is 0 Å². The van der Waals surface area contributed by atoms with Crippen LogP contribution in [0.15, 0.2) is 24.3 Å². The number of rotatable bonds is 3. The van der Waals surface area contributed by atoms with Gasteiger partial charge < -0.3 is 25.2 Å². The van der Waals surface area contributed by atoms with Crippen molar-refractivity contribution in [3.05, 3.63) is 29.8 Å². The molecule has 0 spiro atoms. The smallest absolute Gasteiger partial charge is 0.322 e. The van der Waals surface area contributed by atoms with Crippen molar-refractivity contribution in [3.63, 3.8) is 0 Å². The van der Waals surface area contributed by atoms with Crippen molar-refractivity contribution < 1.29 is 19.7 Å². The van der Waals surface area contributed by atoms with Crippen LogP contribution in [0.4, 0.5) is 10.5 Å². The lowest BCUT2D eigenvalue weighted by Gasteiger charge is -2.34. The molecule has 2 unspecified atom stereocenters. The third-order valence-electron chi connectivity index (χ3n) is 3.32. The van der Waals surface area contributed by atoms with Gasteiger partial charge in [0.1, 0.15) is 0 Å². The molecule has 6 nitrogen and oxygen atoms in total. The molecule has 1 heterocycles. The molecule has 2 rings (SSSR count). The van der Waals surface area contributed by atoms with Crippen molar-refractivity contribution in [2.45, 2.75) is 19.1 Å². The maximum atomic E-state index is 12.2. The number of carbonyl (C=O) groups is 1. The number of urea groups is 1. The van der Waals surface area contributed by atoms with Crippen LogP contribution >= 0.6 is 0 Å². The summed E-state index contributed by atoms with van der Waals surface area (Å²) in [5.41, 5.74) is 1.36. The van der Waals surface area contributed by atoms with Gasteiger partial charge in [-0.25, -0.2) is 4.79 Å². The Morgan fingerprint density at radius 2 is 2.40 bits per heavy atom. The van der Waals surface area contributed by atoms with E-state index in [9.17, 15) is 15.0 Å². The van der Waals surface area contributed by atoms with E-state index in [1.165, 1.54) is 0 Å². The van der Waals surface area contributed by atoms with Crippen LogP contribution in [0.5, 0.6) is 0 Å². The van der Waals surface area contributed by atoms with Gasteiger partial charge in [0, 0.05) is 12.2 Å². The first kappa shape index (κ1) is 14.8. The van der Waals surface area contributed by atoms with E-state index in [4.69, 9.17) is 4.74 Å². The monoisotopic (exact) mass is 280 g/mol. The van der Waals surface area contributed by atoms with E-state index in [1.807, 2.05) is 0 Å². The third kappa shape index (κ3) is 3.47. The first-order valence-electron chi connectivity index (χ1n) is 6.66. The van der Waals surface area contributed by atoms with E-state index >= 15 is 0 Å². The Hall–Kier alpha value is -1.63. The molecular formula is C14H20N2O4. The van der Waals surface area contributed by atoms with E-state index in [2.05, 4.69) is 5.32 Å². The quantitative estimate of drug-likeness (QED) is 0.770. The topological polar surface area (TPSA) is 82.0 Å². The maximum absolute atomic E-state index is 12.2. The van der Waals surface area contributed by atoms with Crippen LogP contribution in [0.25, 0.3) is 0 Å². The molecule has 2 amide bonds. The number of anilines is 1. The fraction of sp³-hybridized carbons (Fsp3) is 0.500. The molecule has 0 aromatic heterocycles. The molecule has 1 aliphatic heterocycles. The van der Waals surface area contributed by atoms with Crippen LogP contribution in [0.2, 0.25) is 0 Å². The highest BCUT2D eigenvalue weighted by molar-refractivity contribution is 5.89. The summed E-state index contributed by atoms with van der Waals surface area (Å²) >= 11 is 0. The van der Waals surface area contributed by atoms with E-state index in [0.717, 1.165) is 5.56 Å². The lowest BCUT2D eigenvalue weighted by molar-refractivity contribution is -0.00485. The summed E-state index contributed by atoms with van der Waals surface area (Å²) in [7, 11) is 0. The standard InChI is InChI=1S/C14H20N2O4/c1-10(18)11-3-2-4-12(7-11)15-14(19)16-5-6-20-9-13(16)8-17/h2-4,7,10,13,17-18H,5-6,8-9H2,1H3,(H,15,19).